The van der Waals surface area contributed by atoms with Gasteiger partial charge in [-0.15, -0.1) is 0 Å². The molecule has 0 saturated heterocycles. The van der Waals surface area contributed by atoms with Gasteiger partial charge in [-0.3, -0.25) is 9.59 Å². The highest BCUT2D eigenvalue weighted by molar-refractivity contribution is 6.31. The van der Waals surface area contributed by atoms with Crippen LogP contribution in [-0.2, 0) is 11.2 Å². The fraction of sp³-hybridized carbons (Fsp3) is 0.0833. The van der Waals surface area contributed by atoms with Gasteiger partial charge in [0.15, 0.2) is 5.76 Å². The Morgan fingerprint density at radius 2 is 1.72 bits per heavy atom. The first-order chi connectivity index (χ1) is 14.0. The molecule has 4 nitrogen and oxygen atoms in total. The van der Waals surface area contributed by atoms with Gasteiger partial charge >= 0.3 is 5.97 Å². The van der Waals surface area contributed by atoms with Crippen LogP contribution in [0.2, 0.25) is 5.02 Å². The molecule has 4 aromatic rings. The third-order valence-electron chi connectivity index (χ3n) is 4.53. The summed E-state index contributed by atoms with van der Waals surface area (Å²) in [7, 11) is 0. The monoisotopic (exact) mass is 404 g/mol. The Morgan fingerprint density at radius 3 is 2.45 bits per heavy atom. The average molecular weight is 405 g/mol. The van der Waals surface area contributed by atoms with Crippen molar-refractivity contribution >= 4 is 28.5 Å². The molecule has 0 atom stereocenters. The molecule has 4 rings (SSSR count). The van der Waals surface area contributed by atoms with Crippen LogP contribution >= 0.6 is 11.6 Å². The Morgan fingerprint density at radius 1 is 1.00 bits per heavy atom. The fourth-order valence-electron chi connectivity index (χ4n) is 3.05. The molecule has 0 unspecified atom stereocenters. The zero-order chi connectivity index (χ0) is 20.4. The number of hydrogen-bond acceptors (Lipinski definition) is 4. The maximum Gasteiger partial charge on any atom is 0.315 e. The molecular formula is C24H17ClO4. The number of carbonyl (C=O) groups is 1. The zero-order valence-electron chi connectivity index (χ0n) is 15.6. The number of halogens is 1. The van der Waals surface area contributed by atoms with Gasteiger partial charge in [0, 0.05) is 10.6 Å². The van der Waals surface area contributed by atoms with E-state index in [1.54, 1.807) is 12.1 Å². The topological polar surface area (TPSA) is 56.5 Å². The van der Waals surface area contributed by atoms with Crippen molar-refractivity contribution in [3.8, 4) is 17.1 Å². The smallest absolute Gasteiger partial charge is 0.315 e. The molecule has 1 aromatic heterocycles. The van der Waals surface area contributed by atoms with Gasteiger partial charge in [0.1, 0.15) is 5.58 Å². The lowest BCUT2D eigenvalue weighted by Gasteiger charge is -2.11. The molecular weight excluding hydrogens is 388 g/mol. The van der Waals surface area contributed by atoms with Crippen LogP contribution in [0.25, 0.3) is 22.3 Å². The van der Waals surface area contributed by atoms with E-state index in [0.717, 1.165) is 11.1 Å². The third-order valence-corrected chi connectivity index (χ3v) is 4.77. The molecule has 1 heterocycles. The quantitative estimate of drug-likeness (QED) is 0.417. The first kappa shape index (κ1) is 19.0. The number of fused-ring (bicyclic) bond motifs is 1. The van der Waals surface area contributed by atoms with Crippen molar-refractivity contribution in [2.45, 2.75) is 13.3 Å². The Bertz CT molecular complexity index is 1240. The van der Waals surface area contributed by atoms with E-state index in [-0.39, 0.29) is 23.3 Å². The number of ether oxygens (including phenoxy) is 1. The van der Waals surface area contributed by atoms with Crippen LogP contribution in [0.15, 0.2) is 82.0 Å². The van der Waals surface area contributed by atoms with E-state index in [1.165, 1.54) is 6.07 Å². The predicted octanol–water partition coefficient (Wildman–Crippen LogP) is 5.57. The standard InChI is InChI=1S/C24H17ClO4/c1-15-7-9-17(10-8-15)23-24(29-21(26)13-16-5-3-2-4-6-16)22(27)19-14-18(25)11-12-20(19)28-23/h2-12,14H,13H2,1H3. The van der Waals surface area contributed by atoms with Gasteiger partial charge < -0.3 is 9.15 Å². The normalized spacial score (nSPS) is 10.8. The minimum absolute atomic E-state index is 0.0429. The highest BCUT2D eigenvalue weighted by Crippen LogP contribution is 2.32. The van der Waals surface area contributed by atoms with Crippen LogP contribution in [0, 0.1) is 6.92 Å². The first-order valence-corrected chi connectivity index (χ1v) is 9.47. The van der Waals surface area contributed by atoms with Crippen molar-refractivity contribution in [3.63, 3.8) is 0 Å². The molecule has 0 amide bonds. The van der Waals surface area contributed by atoms with E-state index >= 15 is 0 Å². The summed E-state index contributed by atoms with van der Waals surface area (Å²) in [6.07, 6.45) is 0.0429. The molecule has 0 spiro atoms. The summed E-state index contributed by atoms with van der Waals surface area (Å²) in [6.45, 7) is 1.96. The van der Waals surface area contributed by atoms with Gasteiger partial charge in [0.2, 0.25) is 11.2 Å². The maximum absolute atomic E-state index is 13.1. The molecule has 0 saturated carbocycles. The summed E-state index contributed by atoms with van der Waals surface area (Å²) in [6, 6.07) is 21.4. The van der Waals surface area contributed by atoms with Gasteiger partial charge in [-0.1, -0.05) is 71.8 Å². The Hall–Kier alpha value is -3.37. The van der Waals surface area contributed by atoms with Crippen LogP contribution in [0.4, 0.5) is 0 Å². The second-order valence-corrected chi connectivity index (χ2v) is 7.17. The summed E-state index contributed by atoms with van der Waals surface area (Å²) in [5.41, 5.74) is 2.43. The van der Waals surface area contributed by atoms with E-state index in [0.29, 0.717) is 16.2 Å². The summed E-state index contributed by atoms with van der Waals surface area (Å²) in [5.74, 6) is -0.464. The van der Waals surface area contributed by atoms with Gasteiger partial charge in [-0.25, -0.2) is 0 Å². The molecule has 0 fully saturated rings. The van der Waals surface area contributed by atoms with Crippen molar-refractivity contribution in [2.75, 3.05) is 0 Å². The van der Waals surface area contributed by atoms with Crippen molar-refractivity contribution in [2.24, 2.45) is 0 Å². The third kappa shape index (κ3) is 4.08. The lowest BCUT2D eigenvalue weighted by atomic mass is 10.1. The Kier molecular flexibility index (Phi) is 5.19. The van der Waals surface area contributed by atoms with Crippen LogP contribution in [0.1, 0.15) is 11.1 Å². The second kappa shape index (κ2) is 7.94. The zero-order valence-corrected chi connectivity index (χ0v) is 16.4. The fourth-order valence-corrected chi connectivity index (χ4v) is 3.22. The Balaban J connectivity index is 1.82. The molecule has 0 bridgehead atoms. The molecule has 29 heavy (non-hydrogen) atoms. The number of aryl methyl sites for hydroxylation is 1. The van der Waals surface area contributed by atoms with Crippen molar-refractivity contribution in [3.05, 3.63) is 99.2 Å². The number of hydrogen-bond donors (Lipinski definition) is 0. The molecule has 0 N–H and O–H groups in total. The van der Waals surface area contributed by atoms with Gasteiger partial charge in [-0.05, 0) is 30.7 Å². The number of rotatable bonds is 4. The minimum atomic E-state index is -0.543. The molecule has 0 radical (unpaired) electrons. The van der Waals surface area contributed by atoms with Crippen molar-refractivity contribution in [1.29, 1.82) is 0 Å². The van der Waals surface area contributed by atoms with Crippen LogP contribution in [0.5, 0.6) is 5.75 Å². The van der Waals surface area contributed by atoms with E-state index in [2.05, 4.69) is 0 Å². The summed E-state index contributed by atoms with van der Waals surface area (Å²) in [4.78, 5) is 25.7. The van der Waals surface area contributed by atoms with Gasteiger partial charge in [0.25, 0.3) is 0 Å². The molecule has 0 aliphatic heterocycles. The summed E-state index contributed by atoms with van der Waals surface area (Å²) in [5, 5.41) is 0.658. The summed E-state index contributed by atoms with van der Waals surface area (Å²) >= 11 is 6.04. The maximum atomic E-state index is 13.1. The molecule has 0 aliphatic rings. The van der Waals surface area contributed by atoms with Crippen LogP contribution in [-0.4, -0.2) is 5.97 Å². The van der Waals surface area contributed by atoms with Crippen LogP contribution in [0.3, 0.4) is 0 Å². The second-order valence-electron chi connectivity index (χ2n) is 6.73. The minimum Gasteiger partial charge on any atom is -0.452 e. The Labute approximate surface area is 172 Å². The number of benzene rings is 3. The van der Waals surface area contributed by atoms with Gasteiger partial charge in [0.05, 0.1) is 11.8 Å². The van der Waals surface area contributed by atoms with E-state index in [1.807, 2.05) is 61.5 Å². The highest BCUT2D eigenvalue weighted by atomic mass is 35.5. The lowest BCUT2D eigenvalue weighted by Crippen LogP contribution is -2.17. The van der Waals surface area contributed by atoms with Crippen LogP contribution < -0.4 is 10.2 Å². The van der Waals surface area contributed by atoms with Crippen molar-refractivity contribution in [1.82, 2.24) is 0 Å². The first-order valence-electron chi connectivity index (χ1n) is 9.09. The molecule has 5 heteroatoms. The lowest BCUT2D eigenvalue weighted by molar-refractivity contribution is -0.133. The largest absolute Gasteiger partial charge is 0.452 e. The highest BCUT2D eigenvalue weighted by Gasteiger charge is 2.21. The molecule has 0 aliphatic carbocycles. The number of esters is 1. The number of carbonyl (C=O) groups excluding carboxylic acids is 1. The molecule has 144 valence electrons. The van der Waals surface area contributed by atoms with E-state index < -0.39 is 11.4 Å². The van der Waals surface area contributed by atoms with Gasteiger partial charge in [-0.2, -0.15) is 0 Å². The van der Waals surface area contributed by atoms with Crippen molar-refractivity contribution < 1.29 is 13.9 Å². The molecule has 3 aromatic carbocycles. The SMILES string of the molecule is Cc1ccc(-c2oc3ccc(Cl)cc3c(=O)c2OC(=O)Cc2ccccc2)cc1. The van der Waals surface area contributed by atoms with E-state index in [4.69, 9.17) is 20.8 Å². The summed E-state index contributed by atoms with van der Waals surface area (Å²) < 4.78 is 11.5. The predicted molar refractivity (Wildman–Crippen MR) is 113 cm³/mol. The van der Waals surface area contributed by atoms with E-state index in [9.17, 15) is 9.59 Å². The average Bonchev–Trinajstić information content (AvgIpc) is 2.72.